The van der Waals surface area contributed by atoms with E-state index in [-0.39, 0.29) is 12.6 Å². The van der Waals surface area contributed by atoms with Crippen LogP contribution in [0.25, 0.3) is 11.5 Å². The standard InChI is InChI=1S/C15H13N3O3S/c1-9-8-22-13(16-9)7-20-15(19)12-5-3-11(4-6-12)14-18-17-10(2)21-14/h3-6,8H,7H2,1-2H3. The molecule has 0 saturated carbocycles. The van der Waals surface area contributed by atoms with E-state index in [0.29, 0.717) is 17.3 Å². The smallest absolute Gasteiger partial charge is 0.338 e. The maximum absolute atomic E-state index is 12.0. The minimum Gasteiger partial charge on any atom is -0.455 e. The molecule has 0 fully saturated rings. The van der Waals surface area contributed by atoms with E-state index in [2.05, 4.69) is 15.2 Å². The van der Waals surface area contributed by atoms with Gasteiger partial charge in [-0.05, 0) is 31.2 Å². The molecule has 0 bridgehead atoms. The number of hydrogen-bond acceptors (Lipinski definition) is 7. The lowest BCUT2D eigenvalue weighted by atomic mass is 10.1. The summed E-state index contributed by atoms with van der Waals surface area (Å²) in [6, 6.07) is 6.84. The van der Waals surface area contributed by atoms with Gasteiger partial charge in [-0.1, -0.05) is 0 Å². The fourth-order valence-corrected chi connectivity index (χ4v) is 2.52. The van der Waals surface area contributed by atoms with Crippen LogP contribution < -0.4 is 0 Å². The number of hydrogen-bond donors (Lipinski definition) is 0. The molecule has 0 atom stereocenters. The molecule has 1 aromatic carbocycles. The summed E-state index contributed by atoms with van der Waals surface area (Å²) in [6.07, 6.45) is 0. The summed E-state index contributed by atoms with van der Waals surface area (Å²) in [5, 5.41) is 10.4. The van der Waals surface area contributed by atoms with E-state index in [1.807, 2.05) is 12.3 Å². The number of ether oxygens (including phenoxy) is 1. The van der Waals surface area contributed by atoms with Crippen molar-refractivity contribution in [2.24, 2.45) is 0 Å². The Labute approximate surface area is 130 Å². The topological polar surface area (TPSA) is 78.1 Å². The van der Waals surface area contributed by atoms with Gasteiger partial charge < -0.3 is 9.15 Å². The van der Waals surface area contributed by atoms with E-state index in [4.69, 9.17) is 9.15 Å². The average molecular weight is 315 g/mol. The zero-order chi connectivity index (χ0) is 15.5. The molecule has 2 heterocycles. The van der Waals surface area contributed by atoms with Crippen molar-refractivity contribution in [3.8, 4) is 11.5 Å². The second-order valence-corrected chi connectivity index (χ2v) is 5.60. The lowest BCUT2D eigenvalue weighted by Gasteiger charge is -2.03. The number of thiazole rings is 1. The van der Waals surface area contributed by atoms with Crippen molar-refractivity contribution in [2.45, 2.75) is 20.5 Å². The van der Waals surface area contributed by atoms with Crippen molar-refractivity contribution in [2.75, 3.05) is 0 Å². The van der Waals surface area contributed by atoms with Crippen LogP contribution in [0, 0.1) is 13.8 Å². The molecule has 3 rings (SSSR count). The summed E-state index contributed by atoms with van der Waals surface area (Å²) in [6.45, 7) is 3.81. The van der Waals surface area contributed by atoms with E-state index in [1.165, 1.54) is 11.3 Å². The summed E-state index contributed by atoms with van der Waals surface area (Å²) in [5.74, 6) is 0.536. The molecular weight excluding hydrogens is 302 g/mol. The van der Waals surface area contributed by atoms with Gasteiger partial charge in [-0.15, -0.1) is 21.5 Å². The van der Waals surface area contributed by atoms with Crippen molar-refractivity contribution < 1.29 is 13.9 Å². The van der Waals surface area contributed by atoms with Gasteiger partial charge in [0.05, 0.1) is 5.56 Å². The summed E-state index contributed by atoms with van der Waals surface area (Å²) in [5.41, 5.74) is 2.15. The highest BCUT2D eigenvalue weighted by molar-refractivity contribution is 7.09. The van der Waals surface area contributed by atoms with E-state index in [9.17, 15) is 4.79 Å². The van der Waals surface area contributed by atoms with Crippen molar-refractivity contribution in [1.82, 2.24) is 15.2 Å². The van der Waals surface area contributed by atoms with Gasteiger partial charge in [-0.3, -0.25) is 0 Å². The minimum absolute atomic E-state index is 0.182. The Hall–Kier alpha value is -2.54. The molecule has 7 heteroatoms. The number of esters is 1. The molecule has 0 aliphatic heterocycles. The molecule has 0 spiro atoms. The number of carbonyl (C=O) groups is 1. The van der Waals surface area contributed by atoms with Gasteiger partial charge in [0.15, 0.2) is 0 Å². The third-order valence-electron chi connectivity index (χ3n) is 2.89. The third kappa shape index (κ3) is 3.20. The van der Waals surface area contributed by atoms with Crippen LogP contribution in [0.1, 0.15) is 27.0 Å². The van der Waals surface area contributed by atoms with Gasteiger partial charge in [0.2, 0.25) is 11.8 Å². The lowest BCUT2D eigenvalue weighted by molar-refractivity contribution is 0.0472. The van der Waals surface area contributed by atoms with Crippen LogP contribution >= 0.6 is 11.3 Å². The Balaban J connectivity index is 1.65. The molecule has 0 N–H and O–H groups in total. The predicted octanol–water partition coefficient (Wildman–Crippen LogP) is 3.17. The number of carbonyl (C=O) groups excluding carboxylic acids is 1. The van der Waals surface area contributed by atoms with Crippen LogP contribution in [-0.4, -0.2) is 21.2 Å². The number of aryl methyl sites for hydroxylation is 2. The van der Waals surface area contributed by atoms with Crippen molar-refractivity contribution >= 4 is 17.3 Å². The first-order valence-corrected chi connectivity index (χ1v) is 7.48. The molecule has 0 radical (unpaired) electrons. The third-order valence-corrected chi connectivity index (χ3v) is 3.83. The van der Waals surface area contributed by atoms with Crippen LogP contribution in [-0.2, 0) is 11.3 Å². The van der Waals surface area contributed by atoms with Gasteiger partial charge in [0.25, 0.3) is 0 Å². The van der Waals surface area contributed by atoms with Gasteiger partial charge in [-0.2, -0.15) is 0 Å². The molecule has 22 heavy (non-hydrogen) atoms. The number of aromatic nitrogens is 3. The molecule has 112 valence electrons. The Morgan fingerprint density at radius 1 is 1.23 bits per heavy atom. The number of rotatable bonds is 4. The molecule has 0 saturated heterocycles. The Morgan fingerprint density at radius 3 is 2.59 bits per heavy atom. The van der Waals surface area contributed by atoms with Crippen LogP contribution in [0.3, 0.4) is 0 Å². The fraction of sp³-hybridized carbons (Fsp3) is 0.200. The molecule has 6 nitrogen and oxygen atoms in total. The molecule has 0 amide bonds. The Kier molecular flexibility index (Phi) is 3.97. The summed E-state index contributed by atoms with van der Waals surface area (Å²) >= 11 is 1.47. The van der Waals surface area contributed by atoms with Crippen LogP contribution in [0.4, 0.5) is 0 Å². The molecular formula is C15H13N3O3S. The first kappa shape index (κ1) is 14.4. The quantitative estimate of drug-likeness (QED) is 0.688. The highest BCUT2D eigenvalue weighted by atomic mass is 32.1. The molecule has 3 aromatic rings. The van der Waals surface area contributed by atoms with Crippen LogP contribution in [0.5, 0.6) is 0 Å². The normalized spacial score (nSPS) is 10.6. The zero-order valence-corrected chi connectivity index (χ0v) is 12.9. The SMILES string of the molecule is Cc1csc(COC(=O)c2ccc(-c3nnc(C)o3)cc2)n1. The van der Waals surface area contributed by atoms with E-state index < -0.39 is 0 Å². The Morgan fingerprint density at radius 2 is 2.00 bits per heavy atom. The van der Waals surface area contributed by atoms with E-state index in [1.54, 1.807) is 31.2 Å². The molecule has 0 aliphatic carbocycles. The first-order chi connectivity index (χ1) is 10.6. The lowest BCUT2D eigenvalue weighted by Crippen LogP contribution is -2.05. The number of benzene rings is 1. The van der Waals surface area contributed by atoms with E-state index >= 15 is 0 Å². The molecule has 0 aliphatic rings. The highest BCUT2D eigenvalue weighted by Crippen LogP contribution is 2.19. The predicted molar refractivity (Wildman–Crippen MR) is 80.4 cm³/mol. The Bertz CT molecular complexity index is 792. The van der Waals surface area contributed by atoms with Gasteiger partial charge in [0.1, 0.15) is 11.6 Å². The largest absolute Gasteiger partial charge is 0.455 e. The highest BCUT2D eigenvalue weighted by Gasteiger charge is 2.11. The molecule has 2 aromatic heterocycles. The second kappa shape index (κ2) is 6.07. The number of nitrogens with zero attached hydrogens (tertiary/aromatic N) is 3. The zero-order valence-electron chi connectivity index (χ0n) is 12.1. The van der Waals surface area contributed by atoms with Crippen molar-refractivity contribution in [3.05, 3.63) is 51.8 Å². The van der Waals surface area contributed by atoms with Gasteiger partial charge in [-0.25, -0.2) is 9.78 Å². The van der Waals surface area contributed by atoms with Crippen LogP contribution in [0.15, 0.2) is 34.1 Å². The summed E-state index contributed by atoms with van der Waals surface area (Å²) < 4.78 is 10.6. The maximum atomic E-state index is 12.0. The van der Waals surface area contributed by atoms with Crippen molar-refractivity contribution in [1.29, 1.82) is 0 Å². The average Bonchev–Trinajstić information content (AvgIpc) is 3.13. The van der Waals surface area contributed by atoms with Gasteiger partial charge >= 0.3 is 5.97 Å². The van der Waals surface area contributed by atoms with E-state index in [0.717, 1.165) is 16.3 Å². The monoisotopic (exact) mass is 315 g/mol. The minimum atomic E-state index is -0.388. The second-order valence-electron chi connectivity index (χ2n) is 4.66. The van der Waals surface area contributed by atoms with Crippen molar-refractivity contribution in [3.63, 3.8) is 0 Å². The first-order valence-electron chi connectivity index (χ1n) is 6.60. The fourth-order valence-electron chi connectivity index (χ4n) is 1.84. The maximum Gasteiger partial charge on any atom is 0.338 e. The summed E-state index contributed by atoms with van der Waals surface area (Å²) in [4.78, 5) is 16.2. The summed E-state index contributed by atoms with van der Waals surface area (Å²) in [7, 11) is 0. The van der Waals surface area contributed by atoms with Gasteiger partial charge in [0, 0.05) is 23.6 Å². The van der Waals surface area contributed by atoms with Crippen LogP contribution in [0.2, 0.25) is 0 Å². The molecule has 0 unspecified atom stereocenters.